The number of halogens is 3. The quantitative estimate of drug-likeness (QED) is 0.418. The van der Waals surface area contributed by atoms with Gasteiger partial charge in [0, 0.05) is 0 Å². The molecule has 0 aliphatic carbocycles. The average molecular weight is 157 g/mol. The second-order valence-electron chi connectivity index (χ2n) is 1.65. The second kappa shape index (κ2) is 2.10. The molecule has 52 valence electrons. The Morgan fingerprint density at radius 3 is 2.33 bits per heavy atom. The normalized spacial score (nSPS) is 34.0. The van der Waals surface area contributed by atoms with Crippen molar-refractivity contribution in [2.75, 3.05) is 0 Å². The summed E-state index contributed by atoms with van der Waals surface area (Å²) in [5.41, 5.74) is -1.13. The van der Waals surface area contributed by atoms with Gasteiger partial charge in [-0.1, -0.05) is 11.6 Å². The molecule has 1 saturated heterocycles. The Kier molecular flexibility index (Phi) is 1.57. The van der Waals surface area contributed by atoms with Crippen molar-refractivity contribution in [1.29, 1.82) is 0 Å². The van der Waals surface area contributed by atoms with Crippen molar-refractivity contribution in [2.45, 2.75) is 12.0 Å². The molecule has 0 aromatic heterocycles. The van der Waals surface area contributed by atoms with Crippen LogP contribution < -0.4 is 0 Å². The third-order valence-electron chi connectivity index (χ3n) is 1.05. The number of carbonyl (C=O) groups excluding carboxylic acids is 1. The topological polar surface area (TPSA) is 26.3 Å². The second-order valence-corrected chi connectivity index (χ2v) is 2.08. The van der Waals surface area contributed by atoms with Gasteiger partial charge in [0.25, 0.3) is 6.43 Å². The van der Waals surface area contributed by atoms with Gasteiger partial charge in [-0.2, -0.15) is 0 Å². The van der Waals surface area contributed by atoms with E-state index in [9.17, 15) is 13.6 Å². The third kappa shape index (κ3) is 0.986. The Bertz CT molecular complexity index is 134. The van der Waals surface area contributed by atoms with Crippen molar-refractivity contribution >= 4 is 17.6 Å². The monoisotopic (exact) mass is 156 g/mol. The Morgan fingerprint density at radius 2 is 2.22 bits per heavy atom. The highest BCUT2D eigenvalue weighted by Crippen LogP contribution is 2.30. The fraction of sp³-hybridized carbons (Fsp3) is 0.750. The summed E-state index contributed by atoms with van der Waals surface area (Å²) < 4.78 is 27.3. The van der Waals surface area contributed by atoms with Crippen molar-refractivity contribution in [3.05, 3.63) is 0 Å². The zero-order chi connectivity index (χ0) is 7.02. The first-order valence-corrected chi connectivity index (χ1v) is 2.69. The van der Waals surface area contributed by atoms with Gasteiger partial charge >= 0.3 is 5.97 Å². The number of cyclic esters (lactones) is 1. The molecule has 1 fully saturated rings. The molecule has 0 N–H and O–H groups in total. The number of rotatable bonds is 1. The molecular formula is C4H3ClF2O2. The molecule has 1 rings (SSSR count). The van der Waals surface area contributed by atoms with Crippen LogP contribution in [0.1, 0.15) is 0 Å². The molecule has 0 bridgehead atoms. The minimum atomic E-state index is -2.70. The molecule has 0 amide bonds. The zero-order valence-electron chi connectivity index (χ0n) is 4.18. The Morgan fingerprint density at radius 1 is 1.67 bits per heavy atom. The largest absolute Gasteiger partial charge is 0.444 e. The van der Waals surface area contributed by atoms with E-state index in [1.807, 2.05) is 0 Å². The maximum atomic E-state index is 11.6. The summed E-state index contributed by atoms with van der Waals surface area (Å²) in [6.45, 7) is 0. The van der Waals surface area contributed by atoms with E-state index in [-0.39, 0.29) is 0 Å². The van der Waals surface area contributed by atoms with Crippen LogP contribution in [0.25, 0.3) is 0 Å². The van der Waals surface area contributed by atoms with Crippen molar-refractivity contribution in [3.63, 3.8) is 0 Å². The SMILES string of the molecule is O=C1OC(Cl)C1C(F)F. The maximum absolute atomic E-state index is 11.6. The lowest BCUT2D eigenvalue weighted by atomic mass is 10.1. The molecule has 2 unspecified atom stereocenters. The highest BCUT2D eigenvalue weighted by Gasteiger charge is 2.47. The number of hydrogen-bond acceptors (Lipinski definition) is 2. The van der Waals surface area contributed by atoms with Gasteiger partial charge in [-0.05, 0) is 0 Å². The molecule has 2 nitrogen and oxygen atoms in total. The van der Waals surface area contributed by atoms with E-state index in [1.54, 1.807) is 0 Å². The summed E-state index contributed by atoms with van der Waals surface area (Å²) in [5.74, 6) is -2.32. The Hall–Kier alpha value is -0.380. The zero-order valence-corrected chi connectivity index (χ0v) is 4.94. The molecule has 0 radical (unpaired) electrons. The predicted octanol–water partition coefficient (Wildman–Crippen LogP) is 0.989. The summed E-state index contributed by atoms with van der Waals surface area (Å²) in [7, 11) is 0. The van der Waals surface area contributed by atoms with E-state index in [1.165, 1.54) is 0 Å². The highest BCUT2D eigenvalue weighted by atomic mass is 35.5. The molecule has 1 aliphatic rings. The standard InChI is InChI=1S/C4H3ClF2O2/c5-2-1(3(6)7)4(8)9-2/h1-3H. The van der Waals surface area contributed by atoms with Crippen LogP contribution in [0.3, 0.4) is 0 Å². The van der Waals surface area contributed by atoms with Crippen LogP contribution in [0.5, 0.6) is 0 Å². The van der Waals surface area contributed by atoms with Gasteiger partial charge in [0.1, 0.15) is 0 Å². The summed E-state index contributed by atoms with van der Waals surface area (Å²) >= 11 is 5.08. The van der Waals surface area contributed by atoms with Crippen molar-refractivity contribution in [2.24, 2.45) is 5.92 Å². The van der Waals surface area contributed by atoms with Gasteiger partial charge in [0.15, 0.2) is 11.5 Å². The van der Waals surface area contributed by atoms with E-state index >= 15 is 0 Å². The molecule has 1 aliphatic heterocycles. The Balaban J connectivity index is 2.49. The molecule has 2 atom stereocenters. The van der Waals surface area contributed by atoms with Crippen molar-refractivity contribution in [1.82, 2.24) is 0 Å². The lowest BCUT2D eigenvalue weighted by molar-refractivity contribution is -0.186. The number of hydrogen-bond donors (Lipinski definition) is 0. The molecule has 9 heavy (non-hydrogen) atoms. The third-order valence-corrected chi connectivity index (χ3v) is 1.42. The van der Waals surface area contributed by atoms with Gasteiger partial charge < -0.3 is 4.74 Å². The van der Waals surface area contributed by atoms with E-state index in [2.05, 4.69) is 4.74 Å². The fourth-order valence-corrected chi connectivity index (χ4v) is 0.815. The fourth-order valence-electron chi connectivity index (χ4n) is 0.515. The molecular weight excluding hydrogens is 153 g/mol. The lowest BCUT2D eigenvalue weighted by Crippen LogP contribution is -2.45. The number of esters is 1. The van der Waals surface area contributed by atoms with Crippen LogP contribution in [0.4, 0.5) is 8.78 Å². The highest BCUT2D eigenvalue weighted by molar-refractivity contribution is 6.23. The summed E-state index contributed by atoms with van der Waals surface area (Å²) in [4.78, 5) is 10.1. The van der Waals surface area contributed by atoms with Crippen LogP contribution in [-0.2, 0) is 9.53 Å². The van der Waals surface area contributed by atoms with Crippen LogP contribution >= 0.6 is 11.6 Å². The number of ether oxygens (including phenoxy) is 1. The van der Waals surface area contributed by atoms with E-state index in [0.717, 1.165) is 0 Å². The van der Waals surface area contributed by atoms with Crippen LogP contribution in [0.15, 0.2) is 0 Å². The van der Waals surface area contributed by atoms with Crippen LogP contribution in [0.2, 0.25) is 0 Å². The van der Waals surface area contributed by atoms with Crippen molar-refractivity contribution < 1.29 is 18.3 Å². The first-order chi connectivity index (χ1) is 4.13. The molecule has 0 aromatic carbocycles. The maximum Gasteiger partial charge on any atom is 0.321 e. The minimum absolute atomic E-state index is 0.912. The predicted molar refractivity (Wildman–Crippen MR) is 25.2 cm³/mol. The summed E-state index contributed by atoms with van der Waals surface area (Å²) in [5, 5.41) is 0. The first-order valence-electron chi connectivity index (χ1n) is 2.25. The minimum Gasteiger partial charge on any atom is -0.444 e. The van der Waals surface area contributed by atoms with Gasteiger partial charge in [-0.25, -0.2) is 8.78 Å². The number of alkyl halides is 3. The molecule has 1 heterocycles. The van der Waals surface area contributed by atoms with Gasteiger partial charge in [0.2, 0.25) is 0 Å². The smallest absolute Gasteiger partial charge is 0.321 e. The van der Waals surface area contributed by atoms with E-state index < -0.39 is 23.9 Å². The van der Waals surface area contributed by atoms with E-state index in [4.69, 9.17) is 11.6 Å². The van der Waals surface area contributed by atoms with Gasteiger partial charge in [-0.3, -0.25) is 4.79 Å². The molecule has 0 aromatic rings. The average Bonchev–Trinajstić information content (AvgIpc) is 1.62. The van der Waals surface area contributed by atoms with Crippen molar-refractivity contribution in [3.8, 4) is 0 Å². The number of carbonyl (C=O) groups is 1. The van der Waals surface area contributed by atoms with Gasteiger partial charge in [0.05, 0.1) is 0 Å². The lowest BCUT2D eigenvalue weighted by Gasteiger charge is -2.29. The summed E-state index contributed by atoms with van der Waals surface area (Å²) in [6.07, 6.45) is -2.70. The molecule has 5 heteroatoms. The first kappa shape index (κ1) is 6.74. The van der Waals surface area contributed by atoms with E-state index in [0.29, 0.717) is 0 Å². The van der Waals surface area contributed by atoms with Crippen LogP contribution in [0, 0.1) is 5.92 Å². The van der Waals surface area contributed by atoms with Gasteiger partial charge in [-0.15, -0.1) is 0 Å². The Labute approximate surface area is 54.7 Å². The molecule has 0 spiro atoms. The summed E-state index contributed by atoms with van der Waals surface area (Å²) in [6, 6.07) is 0. The van der Waals surface area contributed by atoms with Crippen LogP contribution in [-0.4, -0.2) is 18.0 Å². The molecule has 0 saturated carbocycles.